The van der Waals surface area contributed by atoms with Crippen molar-refractivity contribution in [1.29, 1.82) is 0 Å². The van der Waals surface area contributed by atoms with Crippen LogP contribution in [0.3, 0.4) is 0 Å². The highest BCUT2D eigenvalue weighted by molar-refractivity contribution is 7.89. The molecule has 0 fully saturated rings. The summed E-state index contributed by atoms with van der Waals surface area (Å²) >= 11 is 0. The van der Waals surface area contributed by atoms with Gasteiger partial charge >= 0.3 is 0 Å². The van der Waals surface area contributed by atoms with Crippen molar-refractivity contribution in [2.24, 2.45) is 0 Å². The number of hydrogen-bond donors (Lipinski definition) is 2. The fourth-order valence-corrected chi connectivity index (χ4v) is 3.90. The van der Waals surface area contributed by atoms with E-state index in [0.717, 1.165) is 5.56 Å². The number of nitrogens with zero attached hydrogens (tertiary/aromatic N) is 1. The summed E-state index contributed by atoms with van der Waals surface area (Å²) in [6.07, 6.45) is 0. The largest absolute Gasteiger partial charge is 0.343 e. The highest BCUT2D eigenvalue weighted by atomic mass is 32.2. The molecule has 0 spiro atoms. The van der Waals surface area contributed by atoms with E-state index in [1.165, 1.54) is 12.1 Å². The molecule has 0 aliphatic heterocycles. The fourth-order valence-electron chi connectivity index (χ4n) is 2.83. The maximum Gasteiger partial charge on any atom is 0.252 e. The Labute approximate surface area is 172 Å². The van der Waals surface area contributed by atoms with Gasteiger partial charge < -0.3 is 10.2 Å². The van der Waals surface area contributed by atoms with E-state index in [0.29, 0.717) is 18.7 Å². The van der Waals surface area contributed by atoms with Crippen molar-refractivity contribution in [1.82, 2.24) is 14.9 Å². The third-order valence-corrected chi connectivity index (χ3v) is 5.99. The lowest BCUT2D eigenvalue weighted by atomic mass is 10.1. The lowest BCUT2D eigenvalue weighted by molar-refractivity contribution is -0.130. The molecule has 2 N–H and O–H groups in total. The molecule has 0 atom stereocenters. The smallest absolute Gasteiger partial charge is 0.252 e. The fraction of sp³-hybridized carbons (Fsp3) is 0.333. The molecule has 0 aliphatic carbocycles. The van der Waals surface area contributed by atoms with Crippen molar-refractivity contribution in [3.8, 4) is 0 Å². The van der Waals surface area contributed by atoms with Crippen molar-refractivity contribution in [2.75, 3.05) is 19.6 Å². The topological polar surface area (TPSA) is 95.6 Å². The number of carbonyl (C=O) groups excluding carboxylic acids is 2. The highest BCUT2D eigenvalue weighted by Gasteiger charge is 2.19. The molecule has 0 saturated carbocycles. The van der Waals surface area contributed by atoms with Gasteiger partial charge in [-0.2, -0.15) is 0 Å². The van der Waals surface area contributed by atoms with Gasteiger partial charge in [0.05, 0.1) is 11.4 Å². The average molecular weight is 418 g/mol. The number of aryl methyl sites for hydroxylation is 1. The molecule has 7 nitrogen and oxygen atoms in total. The van der Waals surface area contributed by atoms with Crippen molar-refractivity contribution < 1.29 is 18.0 Å². The summed E-state index contributed by atoms with van der Waals surface area (Å²) in [7, 11) is -3.67. The Bertz CT molecular complexity index is 959. The van der Waals surface area contributed by atoms with Crippen molar-refractivity contribution in [3.63, 3.8) is 0 Å². The number of likely N-dealkylation sites (N-methyl/N-ethyl adjacent to an activating group) is 1. The molecule has 0 unspecified atom stereocenters. The van der Waals surface area contributed by atoms with E-state index < -0.39 is 15.9 Å². The number of amides is 2. The molecule has 0 heterocycles. The van der Waals surface area contributed by atoms with E-state index >= 15 is 0 Å². The van der Waals surface area contributed by atoms with E-state index in [9.17, 15) is 18.0 Å². The predicted molar refractivity (Wildman–Crippen MR) is 112 cm³/mol. The van der Waals surface area contributed by atoms with Crippen LogP contribution in [0, 0.1) is 6.92 Å². The summed E-state index contributed by atoms with van der Waals surface area (Å²) in [6.45, 7) is 6.33. The lowest BCUT2D eigenvalue weighted by Gasteiger charge is -2.21. The van der Waals surface area contributed by atoms with Gasteiger partial charge in [0.1, 0.15) is 0 Å². The summed E-state index contributed by atoms with van der Waals surface area (Å²) in [5, 5.41) is 2.61. The molecule has 0 saturated heterocycles. The van der Waals surface area contributed by atoms with Crippen LogP contribution in [0.1, 0.15) is 35.3 Å². The normalized spacial score (nSPS) is 11.1. The zero-order valence-corrected chi connectivity index (χ0v) is 17.8. The maximum atomic E-state index is 12.6. The lowest BCUT2D eigenvalue weighted by Crippen LogP contribution is -2.40. The monoisotopic (exact) mass is 417 g/mol. The number of hydrogen-bond acceptors (Lipinski definition) is 4. The zero-order chi connectivity index (χ0) is 21.4. The Kier molecular flexibility index (Phi) is 7.92. The SMILES string of the molecule is CCNS(=O)(=O)c1ccc(C)c(C(=O)NCC(=O)N(CC)Cc2ccccc2)c1. The van der Waals surface area contributed by atoms with E-state index in [-0.39, 0.29) is 29.5 Å². The van der Waals surface area contributed by atoms with Crippen LogP contribution < -0.4 is 10.0 Å². The van der Waals surface area contributed by atoms with E-state index in [1.807, 2.05) is 37.3 Å². The van der Waals surface area contributed by atoms with Crippen molar-refractivity contribution >= 4 is 21.8 Å². The number of benzene rings is 2. The van der Waals surface area contributed by atoms with E-state index in [2.05, 4.69) is 10.0 Å². The van der Waals surface area contributed by atoms with Gasteiger partial charge in [-0.25, -0.2) is 13.1 Å². The summed E-state index contributed by atoms with van der Waals surface area (Å²) < 4.78 is 26.8. The van der Waals surface area contributed by atoms with Crippen LogP contribution in [-0.2, 0) is 21.4 Å². The summed E-state index contributed by atoms with van der Waals surface area (Å²) in [5.41, 5.74) is 1.86. The molecular formula is C21H27N3O4S. The van der Waals surface area contributed by atoms with Gasteiger partial charge in [-0.15, -0.1) is 0 Å². The van der Waals surface area contributed by atoms with Crippen molar-refractivity contribution in [2.45, 2.75) is 32.2 Å². The molecular weight excluding hydrogens is 390 g/mol. The van der Waals surface area contributed by atoms with Crippen LogP contribution in [-0.4, -0.2) is 44.8 Å². The molecule has 0 radical (unpaired) electrons. The first-order chi connectivity index (χ1) is 13.8. The van der Waals surface area contributed by atoms with Crippen LogP contribution in [0.2, 0.25) is 0 Å². The molecule has 29 heavy (non-hydrogen) atoms. The Morgan fingerprint density at radius 3 is 2.34 bits per heavy atom. The van der Waals surface area contributed by atoms with Crippen LogP contribution in [0.5, 0.6) is 0 Å². The first-order valence-corrected chi connectivity index (χ1v) is 11.0. The Morgan fingerprint density at radius 1 is 1.03 bits per heavy atom. The van der Waals surface area contributed by atoms with Gasteiger partial charge in [0.2, 0.25) is 15.9 Å². The first-order valence-electron chi connectivity index (χ1n) is 9.48. The zero-order valence-electron chi connectivity index (χ0n) is 16.9. The molecule has 2 aromatic rings. The molecule has 8 heteroatoms. The molecule has 2 aromatic carbocycles. The molecule has 2 amide bonds. The Morgan fingerprint density at radius 2 is 1.72 bits per heavy atom. The number of sulfonamides is 1. The number of carbonyl (C=O) groups is 2. The minimum atomic E-state index is -3.67. The van der Waals surface area contributed by atoms with Gasteiger partial charge in [0, 0.05) is 25.2 Å². The second-order valence-corrected chi connectivity index (χ2v) is 8.32. The second kappa shape index (κ2) is 10.2. The average Bonchev–Trinajstić information content (AvgIpc) is 2.70. The third-order valence-electron chi connectivity index (χ3n) is 4.45. The summed E-state index contributed by atoms with van der Waals surface area (Å²) in [4.78, 5) is 26.8. The highest BCUT2D eigenvalue weighted by Crippen LogP contribution is 2.15. The van der Waals surface area contributed by atoms with Gasteiger partial charge in [0.25, 0.3) is 5.91 Å². The van der Waals surface area contributed by atoms with Crippen LogP contribution in [0.25, 0.3) is 0 Å². The Balaban J connectivity index is 2.07. The second-order valence-electron chi connectivity index (χ2n) is 6.55. The standard InChI is InChI=1S/C21H27N3O4S/c1-4-23-29(27,28)18-12-11-16(3)19(13-18)21(26)22-14-20(25)24(5-2)15-17-9-7-6-8-10-17/h6-13,23H,4-5,14-15H2,1-3H3,(H,22,26). The van der Waals surface area contributed by atoms with Crippen LogP contribution in [0.4, 0.5) is 0 Å². The first kappa shape index (κ1) is 22.6. The maximum absolute atomic E-state index is 12.6. The number of nitrogens with one attached hydrogen (secondary N) is 2. The van der Waals surface area contributed by atoms with Crippen LogP contribution in [0.15, 0.2) is 53.4 Å². The van der Waals surface area contributed by atoms with E-state index in [4.69, 9.17) is 0 Å². The van der Waals surface area contributed by atoms with Gasteiger partial charge in [0.15, 0.2) is 0 Å². The van der Waals surface area contributed by atoms with Crippen molar-refractivity contribution in [3.05, 3.63) is 65.2 Å². The quantitative estimate of drug-likeness (QED) is 0.653. The third kappa shape index (κ3) is 6.13. The van der Waals surface area contributed by atoms with Crippen LogP contribution >= 0.6 is 0 Å². The number of rotatable bonds is 9. The summed E-state index contributed by atoms with van der Waals surface area (Å²) in [5.74, 6) is -0.695. The molecule has 0 aromatic heterocycles. The van der Waals surface area contributed by atoms with Gasteiger partial charge in [-0.05, 0) is 37.1 Å². The predicted octanol–water partition coefficient (Wildman–Crippen LogP) is 2.07. The minimum absolute atomic E-state index is 0.0145. The Hall–Kier alpha value is -2.71. The summed E-state index contributed by atoms with van der Waals surface area (Å²) in [6, 6.07) is 14.0. The van der Waals surface area contributed by atoms with Gasteiger partial charge in [-0.1, -0.05) is 43.3 Å². The molecule has 0 aliphatic rings. The van der Waals surface area contributed by atoms with E-state index in [1.54, 1.807) is 24.8 Å². The molecule has 156 valence electrons. The minimum Gasteiger partial charge on any atom is -0.343 e. The van der Waals surface area contributed by atoms with Gasteiger partial charge in [-0.3, -0.25) is 9.59 Å². The molecule has 0 bridgehead atoms. The molecule has 2 rings (SSSR count).